The highest BCUT2D eigenvalue weighted by Crippen LogP contribution is 2.33. The van der Waals surface area contributed by atoms with Crippen LogP contribution in [0, 0.1) is 5.82 Å². The van der Waals surface area contributed by atoms with Crippen molar-refractivity contribution in [3.05, 3.63) is 59.9 Å². The fourth-order valence-corrected chi connectivity index (χ4v) is 3.50. The van der Waals surface area contributed by atoms with E-state index in [-0.39, 0.29) is 18.1 Å². The summed E-state index contributed by atoms with van der Waals surface area (Å²) in [5.41, 5.74) is 1.69. The van der Waals surface area contributed by atoms with E-state index in [1.165, 1.54) is 12.1 Å². The zero-order valence-corrected chi connectivity index (χ0v) is 12.4. The Bertz CT molecular complexity index is 659. The first-order chi connectivity index (χ1) is 10.2. The number of rotatable bonds is 2. The Balaban J connectivity index is 1.84. The van der Waals surface area contributed by atoms with Crippen molar-refractivity contribution in [3.63, 3.8) is 0 Å². The first-order valence-corrected chi connectivity index (χ1v) is 7.99. The third-order valence-electron chi connectivity index (χ3n) is 3.49. The van der Waals surface area contributed by atoms with Crippen LogP contribution in [0.1, 0.15) is 12.0 Å². The predicted octanol–water partition coefficient (Wildman–Crippen LogP) is 3.90. The van der Waals surface area contributed by atoms with Gasteiger partial charge in [-0.3, -0.25) is 4.79 Å². The summed E-state index contributed by atoms with van der Waals surface area (Å²) >= 11 is 1.79. The molecule has 1 aliphatic heterocycles. The molecule has 108 valence electrons. The highest BCUT2D eigenvalue weighted by atomic mass is 32.2. The van der Waals surface area contributed by atoms with E-state index < -0.39 is 0 Å². The Kier molecular flexibility index (Phi) is 4.25. The number of para-hydroxylation sites is 1. The van der Waals surface area contributed by atoms with Crippen LogP contribution in [0.4, 0.5) is 10.1 Å². The van der Waals surface area contributed by atoms with Crippen LogP contribution < -0.4 is 4.90 Å². The second-order valence-corrected chi connectivity index (χ2v) is 6.16. The van der Waals surface area contributed by atoms with Gasteiger partial charge in [-0.25, -0.2) is 4.39 Å². The molecule has 0 bridgehead atoms. The van der Waals surface area contributed by atoms with E-state index in [1.54, 1.807) is 23.9 Å². The maximum atomic E-state index is 13.2. The number of hydrogen-bond acceptors (Lipinski definition) is 2. The molecule has 3 rings (SSSR count). The molecule has 2 nitrogen and oxygen atoms in total. The first kappa shape index (κ1) is 14.1. The molecule has 0 spiro atoms. The SMILES string of the molecule is O=C(Cc1cccc(F)c1)N1CCCSc2ccccc21. The molecule has 0 saturated carbocycles. The number of hydrogen-bond donors (Lipinski definition) is 0. The monoisotopic (exact) mass is 301 g/mol. The molecule has 1 amide bonds. The van der Waals surface area contributed by atoms with Crippen molar-refractivity contribution in [2.24, 2.45) is 0 Å². The van der Waals surface area contributed by atoms with Crippen molar-refractivity contribution >= 4 is 23.4 Å². The standard InChI is InChI=1S/C17H16FNOS/c18-14-6-3-5-13(11-14)12-17(20)19-9-4-10-21-16-8-2-1-7-15(16)19/h1-3,5-8,11H,4,9-10,12H2. The lowest BCUT2D eigenvalue weighted by molar-refractivity contribution is -0.118. The molecule has 0 atom stereocenters. The third kappa shape index (κ3) is 3.27. The van der Waals surface area contributed by atoms with Crippen LogP contribution in [0.3, 0.4) is 0 Å². The van der Waals surface area contributed by atoms with Crippen molar-refractivity contribution in [2.75, 3.05) is 17.2 Å². The van der Waals surface area contributed by atoms with Gasteiger partial charge in [0.1, 0.15) is 5.82 Å². The molecule has 1 heterocycles. The van der Waals surface area contributed by atoms with Gasteiger partial charge in [0.25, 0.3) is 0 Å². The van der Waals surface area contributed by atoms with Gasteiger partial charge in [-0.05, 0) is 42.0 Å². The van der Waals surface area contributed by atoms with E-state index in [0.717, 1.165) is 34.9 Å². The van der Waals surface area contributed by atoms with Crippen molar-refractivity contribution in [2.45, 2.75) is 17.7 Å². The first-order valence-electron chi connectivity index (χ1n) is 7.01. The van der Waals surface area contributed by atoms with Crippen LogP contribution in [0.15, 0.2) is 53.4 Å². The Morgan fingerprint density at radius 2 is 2.05 bits per heavy atom. The molecule has 0 saturated heterocycles. The summed E-state index contributed by atoms with van der Waals surface area (Å²) in [6.07, 6.45) is 1.20. The van der Waals surface area contributed by atoms with Gasteiger partial charge >= 0.3 is 0 Å². The van der Waals surface area contributed by atoms with E-state index in [9.17, 15) is 9.18 Å². The number of halogens is 1. The summed E-state index contributed by atoms with van der Waals surface area (Å²) in [6.45, 7) is 0.720. The van der Waals surface area contributed by atoms with Gasteiger partial charge in [-0.1, -0.05) is 24.3 Å². The second kappa shape index (κ2) is 6.31. The van der Waals surface area contributed by atoms with Gasteiger partial charge < -0.3 is 4.90 Å². The lowest BCUT2D eigenvalue weighted by Crippen LogP contribution is -2.33. The van der Waals surface area contributed by atoms with Crippen molar-refractivity contribution in [3.8, 4) is 0 Å². The summed E-state index contributed by atoms with van der Waals surface area (Å²) in [5, 5.41) is 0. The molecule has 2 aromatic carbocycles. The molecule has 1 aliphatic rings. The van der Waals surface area contributed by atoms with Crippen LogP contribution in [0.5, 0.6) is 0 Å². The minimum Gasteiger partial charge on any atom is -0.311 e. The molecule has 21 heavy (non-hydrogen) atoms. The van der Waals surface area contributed by atoms with Gasteiger partial charge in [0.2, 0.25) is 5.91 Å². The van der Waals surface area contributed by atoms with Gasteiger partial charge in [0.05, 0.1) is 12.1 Å². The van der Waals surface area contributed by atoms with Gasteiger partial charge in [0, 0.05) is 11.4 Å². The number of fused-ring (bicyclic) bond motifs is 1. The van der Waals surface area contributed by atoms with Crippen molar-refractivity contribution in [1.29, 1.82) is 0 Å². The van der Waals surface area contributed by atoms with Crippen LogP contribution in [-0.2, 0) is 11.2 Å². The van der Waals surface area contributed by atoms with Gasteiger partial charge in [-0.2, -0.15) is 0 Å². The maximum absolute atomic E-state index is 13.2. The van der Waals surface area contributed by atoms with Crippen LogP contribution in [0.2, 0.25) is 0 Å². The summed E-state index contributed by atoms with van der Waals surface area (Å²) in [7, 11) is 0. The topological polar surface area (TPSA) is 20.3 Å². The number of amides is 1. The lowest BCUT2D eigenvalue weighted by Gasteiger charge is -2.22. The summed E-state index contributed by atoms with van der Waals surface area (Å²) < 4.78 is 13.2. The van der Waals surface area contributed by atoms with Gasteiger partial charge in [0.15, 0.2) is 0 Å². The smallest absolute Gasteiger partial charge is 0.231 e. The number of thioether (sulfide) groups is 1. The average Bonchev–Trinajstić information content (AvgIpc) is 2.69. The fourth-order valence-electron chi connectivity index (χ4n) is 2.50. The minimum absolute atomic E-state index is 0.0237. The van der Waals surface area contributed by atoms with Crippen LogP contribution >= 0.6 is 11.8 Å². The molecule has 4 heteroatoms. The van der Waals surface area contributed by atoms with Crippen molar-refractivity contribution in [1.82, 2.24) is 0 Å². The average molecular weight is 301 g/mol. The highest BCUT2D eigenvalue weighted by Gasteiger charge is 2.21. The summed E-state index contributed by atoms with van der Waals surface area (Å²) in [5.74, 6) is 0.739. The van der Waals surface area contributed by atoms with E-state index in [1.807, 2.05) is 29.2 Å². The van der Waals surface area contributed by atoms with E-state index >= 15 is 0 Å². The van der Waals surface area contributed by atoms with Gasteiger partial charge in [-0.15, -0.1) is 11.8 Å². The molecule has 0 aliphatic carbocycles. The highest BCUT2D eigenvalue weighted by molar-refractivity contribution is 7.99. The largest absolute Gasteiger partial charge is 0.311 e. The van der Waals surface area contributed by atoms with E-state index in [0.29, 0.717) is 0 Å². The summed E-state index contributed by atoms with van der Waals surface area (Å²) in [4.78, 5) is 15.6. The molecule has 0 unspecified atom stereocenters. The van der Waals surface area contributed by atoms with Crippen molar-refractivity contribution < 1.29 is 9.18 Å². The predicted molar refractivity (Wildman–Crippen MR) is 84.2 cm³/mol. The molecule has 0 N–H and O–H groups in total. The number of carbonyl (C=O) groups is 1. The fraction of sp³-hybridized carbons (Fsp3) is 0.235. The number of nitrogens with zero attached hydrogens (tertiary/aromatic N) is 1. The number of benzene rings is 2. The lowest BCUT2D eigenvalue weighted by atomic mass is 10.1. The molecule has 2 aromatic rings. The maximum Gasteiger partial charge on any atom is 0.231 e. The van der Waals surface area contributed by atoms with Crippen LogP contribution in [-0.4, -0.2) is 18.2 Å². The normalized spacial score (nSPS) is 14.4. The summed E-state index contributed by atoms with van der Waals surface area (Å²) in [6, 6.07) is 14.2. The molecular formula is C17H16FNOS. The zero-order chi connectivity index (χ0) is 14.7. The third-order valence-corrected chi connectivity index (χ3v) is 4.63. The Morgan fingerprint density at radius 3 is 2.90 bits per heavy atom. The Morgan fingerprint density at radius 1 is 1.19 bits per heavy atom. The quantitative estimate of drug-likeness (QED) is 0.838. The molecule has 0 aromatic heterocycles. The minimum atomic E-state index is -0.299. The molecule has 0 radical (unpaired) electrons. The molecule has 0 fully saturated rings. The molecular weight excluding hydrogens is 285 g/mol. The number of carbonyl (C=O) groups excluding carboxylic acids is 1. The zero-order valence-electron chi connectivity index (χ0n) is 11.6. The second-order valence-electron chi connectivity index (χ2n) is 5.02. The van der Waals surface area contributed by atoms with Crippen LogP contribution in [0.25, 0.3) is 0 Å². The van der Waals surface area contributed by atoms with E-state index in [4.69, 9.17) is 0 Å². The van der Waals surface area contributed by atoms with E-state index in [2.05, 4.69) is 0 Å². The Labute approximate surface area is 128 Å². The number of anilines is 1. The Hall–Kier alpha value is -1.81.